The largest absolute Gasteiger partial charge is 0.468 e. The van der Waals surface area contributed by atoms with Crippen LogP contribution < -0.4 is 5.32 Å². The molecule has 2 aromatic carbocycles. The second-order valence-corrected chi connectivity index (χ2v) is 11.4. The lowest BCUT2D eigenvalue weighted by molar-refractivity contribution is -0.150. The van der Waals surface area contributed by atoms with Crippen LogP contribution in [0.15, 0.2) is 84.0 Å². The smallest absolute Gasteiger partial charge is 0.325 e. The van der Waals surface area contributed by atoms with Crippen molar-refractivity contribution < 1.29 is 19.1 Å². The Morgan fingerprint density at radius 1 is 0.895 bits per heavy atom. The average Bonchev–Trinajstić information content (AvgIpc) is 3.14. The van der Waals surface area contributed by atoms with Crippen LogP contribution in [0.25, 0.3) is 0 Å². The van der Waals surface area contributed by atoms with Crippen LogP contribution >= 0.6 is 0 Å². The highest BCUT2D eigenvalue weighted by atomic mass is 16.5. The minimum Gasteiger partial charge on any atom is -0.468 e. The molecule has 1 aliphatic heterocycles. The minimum atomic E-state index is -1.08. The van der Waals surface area contributed by atoms with Gasteiger partial charge in [0.15, 0.2) is 0 Å². The molecule has 4 aliphatic carbocycles. The Morgan fingerprint density at radius 2 is 1.47 bits per heavy atom. The lowest BCUT2D eigenvalue weighted by atomic mass is 9.61. The monoisotopic (exact) mass is 508 g/mol. The molecular formula is C32H32N2O4. The number of nitrogens with one attached hydrogen (secondary N) is 1. The maximum atomic E-state index is 14.1. The standard InChI is InChI=1S/C32H32N2O4/c1-20-26-30(21-12-6-3-7-13-21,22-14-8-4-9-15-22)24-18-19-25-31(24,28(36)38-2)32(25,26)34(27(20)35)29(37)33-23-16-10-5-11-17-23/h3-4,6-9,12-15,18-19,23-25H,5,10-11,16-17H2,1-2H3,(H,33,37)/t24-,25?,31+,32?/m1/s1. The number of carbonyl (C=O) groups excluding carboxylic acids is 3. The lowest BCUT2D eigenvalue weighted by Gasteiger charge is -2.40. The van der Waals surface area contributed by atoms with Crippen LogP contribution in [0.4, 0.5) is 4.79 Å². The fourth-order valence-corrected chi connectivity index (χ4v) is 8.90. The zero-order valence-corrected chi connectivity index (χ0v) is 21.8. The number of hydrogen-bond acceptors (Lipinski definition) is 4. The van der Waals surface area contributed by atoms with E-state index in [1.54, 1.807) is 0 Å². The summed E-state index contributed by atoms with van der Waals surface area (Å²) in [6, 6.07) is 19.9. The van der Waals surface area contributed by atoms with Gasteiger partial charge >= 0.3 is 12.0 Å². The normalized spacial score (nSPS) is 32.3. The molecule has 194 valence electrons. The number of nitrogens with zero attached hydrogens (tertiary/aromatic N) is 1. The molecule has 0 saturated heterocycles. The van der Waals surface area contributed by atoms with Crippen molar-refractivity contribution in [3.8, 4) is 0 Å². The van der Waals surface area contributed by atoms with E-state index in [2.05, 4.69) is 41.7 Å². The number of hydrogen-bond donors (Lipinski definition) is 1. The van der Waals surface area contributed by atoms with Gasteiger partial charge in [-0.3, -0.25) is 9.59 Å². The van der Waals surface area contributed by atoms with Crippen molar-refractivity contribution in [2.45, 2.75) is 56.0 Å². The first kappa shape index (κ1) is 23.4. The highest BCUT2D eigenvalue weighted by Crippen LogP contribution is 2.88. The number of imide groups is 1. The fourth-order valence-electron chi connectivity index (χ4n) is 8.90. The molecule has 7 rings (SSSR count). The third-order valence-corrected chi connectivity index (χ3v) is 10.1. The van der Waals surface area contributed by atoms with Crippen molar-refractivity contribution in [3.05, 3.63) is 95.1 Å². The molecule has 6 heteroatoms. The number of methoxy groups -OCH3 is 1. The van der Waals surface area contributed by atoms with Crippen LogP contribution in [-0.2, 0) is 19.7 Å². The van der Waals surface area contributed by atoms with Crippen molar-refractivity contribution in [2.75, 3.05) is 7.11 Å². The van der Waals surface area contributed by atoms with Crippen LogP contribution in [0.5, 0.6) is 0 Å². The Morgan fingerprint density at radius 3 is 2.05 bits per heavy atom. The van der Waals surface area contributed by atoms with Gasteiger partial charge in [-0.05, 0) is 36.5 Å². The van der Waals surface area contributed by atoms with Crippen molar-refractivity contribution in [3.63, 3.8) is 0 Å². The van der Waals surface area contributed by atoms with E-state index >= 15 is 0 Å². The zero-order valence-electron chi connectivity index (χ0n) is 21.8. The van der Waals surface area contributed by atoms with Gasteiger partial charge in [-0.25, -0.2) is 9.69 Å². The number of amides is 3. The molecule has 2 aromatic rings. The average molecular weight is 509 g/mol. The van der Waals surface area contributed by atoms with Gasteiger partial charge < -0.3 is 10.1 Å². The molecular weight excluding hydrogens is 476 g/mol. The van der Waals surface area contributed by atoms with Gasteiger partial charge in [0.1, 0.15) is 11.0 Å². The minimum absolute atomic E-state index is 0.0400. The van der Waals surface area contributed by atoms with Crippen LogP contribution in [0.3, 0.4) is 0 Å². The van der Waals surface area contributed by atoms with E-state index in [0.29, 0.717) is 5.57 Å². The van der Waals surface area contributed by atoms with E-state index in [1.165, 1.54) is 18.4 Å². The highest BCUT2D eigenvalue weighted by molar-refractivity contribution is 6.14. The summed E-state index contributed by atoms with van der Waals surface area (Å²) >= 11 is 0. The molecule has 1 heterocycles. The zero-order chi connectivity index (χ0) is 26.3. The predicted molar refractivity (Wildman–Crippen MR) is 142 cm³/mol. The van der Waals surface area contributed by atoms with E-state index in [-0.39, 0.29) is 29.8 Å². The maximum Gasteiger partial charge on any atom is 0.325 e. The maximum absolute atomic E-state index is 14.1. The summed E-state index contributed by atoms with van der Waals surface area (Å²) in [6.07, 6.45) is 9.31. The summed E-state index contributed by atoms with van der Waals surface area (Å²) in [6.45, 7) is 1.83. The number of benzene rings is 2. The summed E-state index contributed by atoms with van der Waals surface area (Å²) in [5, 5.41) is 3.18. The Labute approximate surface area is 222 Å². The molecule has 4 atom stereocenters. The summed E-state index contributed by atoms with van der Waals surface area (Å²) in [7, 11) is 1.41. The molecule has 6 nitrogen and oxygen atoms in total. The second-order valence-electron chi connectivity index (χ2n) is 11.4. The van der Waals surface area contributed by atoms with Gasteiger partial charge in [0.2, 0.25) is 0 Å². The molecule has 3 fully saturated rings. The van der Waals surface area contributed by atoms with Crippen LogP contribution in [-0.4, -0.2) is 41.5 Å². The first-order chi connectivity index (χ1) is 18.5. The Kier molecular flexibility index (Phi) is 4.89. The summed E-state index contributed by atoms with van der Waals surface area (Å²) in [5.74, 6) is -1.28. The molecule has 2 unspecified atom stereocenters. The van der Waals surface area contributed by atoms with E-state index in [9.17, 15) is 14.4 Å². The Hall–Kier alpha value is -3.67. The molecule has 0 radical (unpaired) electrons. The van der Waals surface area contributed by atoms with Gasteiger partial charge in [0.05, 0.1) is 12.5 Å². The number of ether oxygens (including phenoxy) is 1. The van der Waals surface area contributed by atoms with Crippen molar-refractivity contribution >= 4 is 17.9 Å². The first-order valence-electron chi connectivity index (χ1n) is 13.7. The third kappa shape index (κ3) is 2.43. The van der Waals surface area contributed by atoms with Crippen LogP contribution in [0.1, 0.15) is 50.2 Å². The third-order valence-electron chi connectivity index (χ3n) is 10.1. The molecule has 0 bridgehead atoms. The van der Waals surface area contributed by atoms with Gasteiger partial charge in [0, 0.05) is 23.5 Å². The van der Waals surface area contributed by atoms with Crippen molar-refractivity contribution in [2.24, 2.45) is 17.3 Å². The molecule has 1 spiro atoms. The summed E-state index contributed by atoms with van der Waals surface area (Å²) in [5.41, 5.74) is 0.515. The highest BCUT2D eigenvalue weighted by Gasteiger charge is 2.98. The summed E-state index contributed by atoms with van der Waals surface area (Å²) in [4.78, 5) is 43.6. The number of allylic oxidation sites excluding steroid dienone is 1. The SMILES string of the molecule is COC(=O)[C@@]12C3C=C[C@@H]1C(c1ccccc1)(c1ccccc1)C1=C(C)C(=O)N(C(=O)NC4CCCCC4)C132. The second kappa shape index (κ2) is 7.92. The predicted octanol–water partition coefficient (Wildman–Crippen LogP) is 4.90. The molecule has 1 N–H and O–H groups in total. The van der Waals surface area contributed by atoms with E-state index in [0.717, 1.165) is 42.4 Å². The quantitative estimate of drug-likeness (QED) is 0.471. The van der Waals surface area contributed by atoms with Gasteiger partial charge in [0.25, 0.3) is 5.91 Å². The van der Waals surface area contributed by atoms with Crippen LogP contribution in [0, 0.1) is 17.3 Å². The molecule has 0 aromatic heterocycles. The number of carbonyl (C=O) groups is 3. The Balaban J connectivity index is 1.49. The molecule has 3 saturated carbocycles. The van der Waals surface area contributed by atoms with E-state index in [4.69, 9.17) is 4.74 Å². The molecule has 38 heavy (non-hydrogen) atoms. The van der Waals surface area contributed by atoms with Crippen molar-refractivity contribution in [1.82, 2.24) is 10.2 Å². The van der Waals surface area contributed by atoms with E-state index in [1.807, 2.05) is 43.3 Å². The number of rotatable bonds is 4. The number of urea groups is 1. The van der Waals surface area contributed by atoms with Gasteiger partial charge in [-0.2, -0.15) is 0 Å². The van der Waals surface area contributed by atoms with Crippen LogP contribution in [0.2, 0.25) is 0 Å². The summed E-state index contributed by atoms with van der Waals surface area (Å²) < 4.78 is 5.51. The topological polar surface area (TPSA) is 75.7 Å². The Bertz CT molecular complexity index is 1370. The van der Waals surface area contributed by atoms with Gasteiger partial charge in [-0.1, -0.05) is 92.1 Å². The first-order valence-corrected chi connectivity index (χ1v) is 13.7. The lowest BCUT2D eigenvalue weighted by Crippen LogP contribution is -2.53. The van der Waals surface area contributed by atoms with Crippen molar-refractivity contribution in [1.29, 1.82) is 0 Å². The molecule has 5 aliphatic rings. The van der Waals surface area contributed by atoms with E-state index < -0.39 is 22.4 Å². The molecule has 3 amide bonds. The fraction of sp³-hybridized carbons (Fsp3) is 0.406. The van der Waals surface area contributed by atoms with Gasteiger partial charge in [-0.15, -0.1) is 0 Å². The number of esters is 1.